The van der Waals surface area contributed by atoms with Crippen LogP contribution in [0.25, 0.3) is 0 Å². The molecule has 0 aromatic heterocycles. The maximum Gasteiger partial charge on any atom is 0.306 e. The smallest absolute Gasteiger partial charge is 0.306 e. The molecule has 0 aliphatic rings. The molecule has 0 amide bonds. The molecule has 0 aliphatic heterocycles. The van der Waals surface area contributed by atoms with Gasteiger partial charge < -0.3 is 14.2 Å². The van der Waals surface area contributed by atoms with Crippen LogP contribution in [0, 0.1) is 0 Å². The number of carbonyl (C=O) groups excluding carboxylic acids is 3. The summed E-state index contributed by atoms with van der Waals surface area (Å²) in [4.78, 5) is 38.5. The average molecular weight is 1150 g/mol. The van der Waals surface area contributed by atoms with E-state index in [1.807, 2.05) is 0 Å². The Morgan fingerprint density at radius 2 is 0.470 bits per heavy atom. The highest BCUT2D eigenvalue weighted by molar-refractivity contribution is 5.71. The Kier molecular flexibility index (Phi) is 67.2. The molecule has 0 bridgehead atoms. The molecule has 6 nitrogen and oxygen atoms in total. The van der Waals surface area contributed by atoms with Crippen LogP contribution in [0.4, 0.5) is 0 Å². The lowest BCUT2D eigenvalue weighted by atomic mass is 10.0. The molecule has 0 radical (unpaired) electrons. The van der Waals surface area contributed by atoms with Gasteiger partial charge in [-0.05, 0) is 128 Å². The number of ether oxygens (including phenoxy) is 3. The summed E-state index contributed by atoms with van der Waals surface area (Å²) in [5.41, 5.74) is 0. The monoisotopic (exact) mass is 1150 g/mol. The molecule has 0 aliphatic carbocycles. The van der Waals surface area contributed by atoms with E-state index in [0.717, 1.165) is 116 Å². The minimum absolute atomic E-state index is 0.0952. The lowest BCUT2D eigenvalue weighted by Gasteiger charge is -2.18. The minimum atomic E-state index is -0.805. The first-order chi connectivity index (χ1) is 41.0. The van der Waals surface area contributed by atoms with Crippen LogP contribution in [-0.2, 0) is 28.6 Å². The van der Waals surface area contributed by atoms with Crippen LogP contribution in [0.1, 0.15) is 342 Å². The van der Waals surface area contributed by atoms with Gasteiger partial charge in [-0.3, -0.25) is 14.4 Å². The molecule has 476 valence electrons. The van der Waals surface area contributed by atoms with Gasteiger partial charge in [0, 0.05) is 19.3 Å². The van der Waals surface area contributed by atoms with E-state index in [1.54, 1.807) is 0 Å². The summed E-state index contributed by atoms with van der Waals surface area (Å²) in [5, 5.41) is 0. The summed E-state index contributed by atoms with van der Waals surface area (Å²) >= 11 is 0. The second-order valence-electron chi connectivity index (χ2n) is 23.4. The van der Waals surface area contributed by atoms with Crippen LogP contribution < -0.4 is 0 Å². The Balaban J connectivity index is 4.38. The Morgan fingerprint density at radius 1 is 0.253 bits per heavy atom. The van der Waals surface area contributed by atoms with E-state index in [0.29, 0.717) is 12.8 Å². The Labute approximate surface area is 514 Å². The van der Waals surface area contributed by atoms with Crippen molar-refractivity contribution in [1.29, 1.82) is 0 Å². The second-order valence-corrected chi connectivity index (χ2v) is 23.4. The van der Waals surface area contributed by atoms with E-state index in [-0.39, 0.29) is 37.5 Å². The highest BCUT2D eigenvalue weighted by Crippen LogP contribution is 2.17. The SMILES string of the molecule is CC/C=C\C/C=C\C/C=C\C/C=C\C/C=C\CCCCCC(=O)OC(COC(=O)CCCCCCCC/C=C\C/C=C\C/C=C\CCCCC)COC(=O)CCCCCCCCCCCCCCCCC/C=C\CCCCCCCCCC. The van der Waals surface area contributed by atoms with Crippen molar-refractivity contribution in [2.24, 2.45) is 0 Å². The zero-order valence-electron chi connectivity index (χ0n) is 54.7. The minimum Gasteiger partial charge on any atom is -0.462 e. The van der Waals surface area contributed by atoms with Crippen LogP contribution >= 0.6 is 0 Å². The molecule has 83 heavy (non-hydrogen) atoms. The van der Waals surface area contributed by atoms with E-state index >= 15 is 0 Å². The van der Waals surface area contributed by atoms with Crippen LogP contribution in [-0.4, -0.2) is 37.2 Å². The van der Waals surface area contributed by atoms with Gasteiger partial charge in [-0.1, -0.05) is 304 Å². The van der Waals surface area contributed by atoms with Crippen molar-refractivity contribution in [2.75, 3.05) is 13.2 Å². The van der Waals surface area contributed by atoms with E-state index in [9.17, 15) is 14.4 Å². The van der Waals surface area contributed by atoms with E-state index in [2.05, 4.69) is 130 Å². The zero-order chi connectivity index (χ0) is 59.9. The van der Waals surface area contributed by atoms with Crippen molar-refractivity contribution in [3.8, 4) is 0 Å². The highest BCUT2D eigenvalue weighted by atomic mass is 16.6. The number of carbonyl (C=O) groups is 3. The van der Waals surface area contributed by atoms with Crippen molar-refractivity contribution in [2.45, 2.75) is 348 Å². The first-order valence-electron chi connectivity index (χ1n) is 35.4. The number of unbranched alkanes of at least 4 members (excludes halogenated alkanes) is 35. The summed E-state index contributed by atoms with van der Waals surface area (Å²) in [6, 6.07) is 0. The summed E-state index contributed by atoms with van der Waals surface area (Å²) < 4.78 is 17.0. The number of hydrogen-bond donors (Lipinski definition) is 0. The van der Waals surface area contributed by atoms with Gasteiger partial charge in [-0.25, -0.2) is 0 Å². The molecule has 6 heteroatoms. The van der Waals surface area contributed by atoms with Gasteiger partial charge in [0.1, 0.15) is 13.2 Å². The largest absolute Gasteiger partial charge is 0.462 e. The topological polar surface area (TPSA) is 78.9 Å². The van der Waals surface area contributed by atoms with Crippen molar-refractivity contribution >= 4 is 17.9 Å². The number of allylic oxidation sites excluding steroid dienone is 18. The number of esters is 3. The standard InChI is InChI=1S/C77H132O6/c1-4-7-10-13-16-19-22-25-28-31-34-35-36-37-38-39-40-41-44-46-49-52-55-58-61-64-67-70-76(79)82-73-74(83-77(80)71-68-65-62-59-56-53-50-47-43-33-30-27-24-21-18-15-12-9-6-3)72-81-75(78)69-66-63-60-57-54-51-48-45-42-32-29-26-23-20-17-14-11-8-5-2/h9,12,17-18,20-21,26-27,29-31,34,42-43,45,47,53,56,74H,4-8,10-11,13-16,19,22-25,28,32-33,35-41,44,46,48-52,54-55,57-73H2,1-3H3/b12-9-,20-17-,21-18-,29-26-,30-27-,34-31-,45-42-,47-43-,56-53-. The lowest BCUT2D eigenvalue weighted by Crippen LogP contribution is -2.30. The Hall–Kier alpha value is -3.93. The van der Waals surface area contributed by atoms with Gasteiger partial charge in [0.2, 0.25) is 0 Å². The fourth-order valence-corrected chi connectivity index (χ4v) is 9.94. The van der Waals surface area contributed by atoms with Gasteiger partial charge in [0.15, 0.2) is 6.10 Å². The summed E-state index contributed by atoms with van der Waals surface area (Å²) in [5.74, 6) is -0.928. The van der Waals surface area contributed by atoms with Gasteiger partial charge >= 0.3 is 17.9 Å². The Bertz CT molecular complexity index is 1660. The van der Waals surface area contributed by atoms with Crippen LogP contribution in [0.3, 0.4) is 0 Å². The quantitative estimate of drug-likeness (QED) is 0.0261. The van der Waals surface area contributed by atoms with Crippen LogP contribution in [0.15, 0.2) is 109 Å². The fraction of sp³-hybridized carbons (Fsp3) is 0.727. The van der Waals surface area contributed by atoms with Crippen LogP contribution in [0.5, 0.6) is 0 Å². The van der Waals surface area contributed by atoms with Gasteiger partial charge in [-0.15, -0.1) is 0 Å². The maximum absolute atomic E-state index is 12.9. The highest BCUT2D eigenvalue weighted by Gasteiger charge is 2.19. The average Bonchev–Trinajstić information content (AvgIpc) is 3.50. The van der Waals surface area contributed by atoms with E-state index in [4.69, 9.17) is 14.2 Å². The summed E-state index contributed by atoms with van der Waals surface area (Å²) in [6.07, 6.45) is 96.8. The van der Waals surface area contributed by atoms with Gasteiger partial charge in [-0.2, -0.15) is 0 Å². The molecule has 0 saturated heterocycles. The van der Waals surface area contributed by atoms with Crippen molar-refractivity contribution in [1.82, 2.24) is 0 Å². The second kappa shape index (κ2) is 70.6. The van der Waals surface area contributed by atoms with Crippen molar-refractivity contribution in [3.05, 3.63) is 109 Å². The molecular formula is C77H132O6. The molecule has 0 fully saturated rings. The van der Waals surface area contributed by atoms with E-state index < -0.39 is 6.10 Å². The molecule has 1 atom stereocenters. The van der Waals surface area contributed by atoms with Crippen molar-refractivity contribution < 1.29 is 28.6 Å². The summed E-state index contributed by atoms with van der Waals surface area (Å²) in [6.45, 7) is 6.50. The third-order valence-electron chi connectivity index (χ3n) is 15.2. The van der Waals surface area contributed by atoms with Crippen molar-refractivity contribution in [3.63, 3.8) is 0 Å². The molecule has 1 unspecified atom stereocenters. The lowest BCUT2D eigenvalue weighted by molar-refractivity contribution is -0.167. The predicted molar refractivity (Wildman–Crippen MR) is 362 cm³/mol. The van der Waals surface area contributed by atoms with Crippen LogP contribution in [0.2, 0.25) is 0 Å². The molecule has 0 N–H and O–H groups in total. The summed E-state index contributed by atoms with van der Waals surface area (Å²) in [7, 11) is 0. The first-order valence-corrected chi connectivity index (χ1v) is 35.4. The Morgan fingerprint density at radius 3 is 0.783 bits per heavy atom. The molecule has 0 aromatic carbocycles. The number of rotatable bonds is 64. The molecule has 0 heterocycles. The zero-order valence-corrected chi connectivity index (χ0v) is 54.7. The number of hydrogen-bond acceptors (Lipinski definition) is 6. The molecule has 0 spiro atoms. The maximum atomic E-state index is 12.9. The predicted octanol–water partition coefficient (Wildman–Crippen LogP) is 24.6. The van der Waals surface area contributed by atoms with Gasteiger partial charge in [0.05, 0.1) is 0 Å². The molecule has 0 saturated carbocycles. The van der Waals surface area contributed by atoms with Gasteiger partial charge in [0.25, 0.3) is 0 Å². The molecule has 0 rings (SSSR count). The molecule has 0 aromatic rings. The first kappa shape index (κ1) is 79.1. The van der Waals surface area contributed by atoms with E-state index in [1.165, 1.54) is 186 Å². The molecular weight excluding hydrogens is 1020 g/mol. The third-order valence-corrected chi connectivity index (χ3v) is 15.2. The fourth-order valence-electron chi connectivity index (χ4n) is 9.94. The third kappa shape index (κ3) is 68.7. The normalized spacial score (nSPS) is 12.8.